The van der Waals surface area contributed by atoms with Crippen LogP contribution in [-0.4, -0.2) is 62.6 Å². The Morgan fingerprint density at radius 2 is 2.00 bits per heavy atom. The van der Waals surface area contributed by atoms with Gasteiger partial charge in [0.2, 0.25) is 0 Å². The molecule has 0 aromatic carbocycles. The van der Waals surface area contributed by atoms with E-state index in [-0.39, 0.29) is 12.1 Å². The molecule has 1 aliphatic heterocycles. The van der Waals surface area contributed by atoms with Crippen molar-refractivity contribution < 1.29 is 9.84 Å². The summed E-state index contributed by atoms with van der Waals surface area (Å²) in [5.74, 6) is 0.767. The molecule has 0 bridgehead atoms. The SMILES string of the molecule is CNC(C)(CO)CCCCN1CCC(COC)CC1. The van der Waals surface area contributed by atoms with Gasteiger partial charge in [0.05, 0.1) is 6.61 Å². The van der Waals surface area contributed by atoms with Gasteiger partial charge in [0.1, 0.15) is 0 Å². The van der Waals surface area contributed by atoms with E-state index in [1.807, 2.05) is 7.05 Å². The maximum atomic E-state index is 9.33. The molecule has 0 saturated carbocycles. The Bertz CT molecular complexity index is 224. The number of aliphatic hydroxyl groups is 1. The lowest BCUT2D eigenvalue weighted by Crippen LogP contribution is -2.43. The second-order valence-corrected chi connectivity index (χ2v) is 6.17. The van der Waals surface area contributed by atoms with Crippen LogP contribution < -0.4 is 5.32 Å². The van der Waals surface area contributed by atoms with Crippen molar-refractivity contribution in [1.29, 1.82) is 0 Å². The van der Waals surface area contributed by atoms with Gasteiger partial charge in [-0.25, -0.2) is 0 Å². The number of aliphatic hydroxyl groups excluding tert-OH is 1. The minimum Gasteiger partial charge on any atom is -0.394 e. The van der Waals surface area contributed by atoms with Crippen LogP contribution in [0.5, 0.6) is 0 Å². The van der Waals surface area contributed by atoms with E-state index in [1.54, 1.807) is 7.11 Å². The molecular formula is C15H32N2O2. The van der Waals surface area contributed by atoms with Crippen LogP contribution in [0.15, 0.2) is 0 Å². The molecular weight excluding hydrogens is 240 g/mol. The monoisotopic (exact) mass is 272 g/mol. The normalized spacial score (nSPS) is 21.5. The van der Waals surface area contributed by atoms with Gasteiger partial charge in [-0.05, 0) is 65.2 Å². The van der Waals surface area contributed by atoms with E-state index in [4.69, 9.17) is 4.74 Å². The highest BCUT2D eigenvalue weighted by atomic mass is 16.5. The highest BCUT2D eigenvalue weighted by Crippen LogP contribution is 2.18. The first-order chi connectivity index (χ1) is 9.13. The molecule has 0 radical (unpaired) electrons. The van der Waals surface area contributed by atoms with Gasteiger partial charge in [0.15, 0.2) is 0 Å². The van der Waals surface area contributed by atoms with Crippen molar-refractivity contribution >= 4 is 0 Å². The summed E-state index contributed by atoms with van der Waals surface area (Å²) in [4.78, 5) is 2.57. The zero-order chi connectivity index (χ0) is 14.1. The first kappa shape index (κ1) is 16.9. The summed E-state index contributed by atoms with van der Waals surface area (Å²) in [6.07, 6.45) is 6.00. The first-order valence-electron chi connectivity index (χ1n) is 7.64. The molecule has 1 atom stereocenters. The van der Waals surface area contributed by atoms with Gasteiger partial charge in [0.25, 0.3) is 0 Å². The van der Waals surface area contributed by atoms with E-state index >= 15 is 0 Å². The Hall–Kier alpha value is -0.160. The summed E-state index contributed by atoms with van der Waals surface area (Å²) in [6.45, 7) is 6.86. The summed E-state index contributed by atoms with van der Waals surface area (Å²) in [5.41, 5.74) is -0.106. The van der Waals surface area contributed by atoms with Crippen molar-refractivity contribution in [2.75, 3.05) is 47.0 Å². The number of likely N-dealkylation sites (tertiary alicyclic amines) is 1. The lowest BCUT2D eigenvalue weighted by molar-refractivity contribution is 0.0980. The summed E-state index contributed by atoms with van der Waals surface area (Å²) in [6, 6.07) is 0. The number of hydrogen-bond donors (Lipinski definition) is 2. The van der Waals surface area contributed by atoms with Crippen molar-refractivity contribution in [3.63, 3.8) is 0 Å². The topological polar surface area (TPSA) is 44.7 Å². The number of ether oxygens (including phenoxy) is 1. The third kappa shape index (κ3) is 6.21. The lowest BCUT2D eigenvalue weighted by atomic mass is 9.95. The number of unbranched alkanes of at least 4 members (excludes halogenated alkanes) is 1. The van der Waals surface area contributed by atoms with Gasteiger partial charge >= 0.3 is 0 Å². The maximum absolute atomic E-state index is 9.33. The average Bonchev–Trinajstić information content (AvgIpc) is 2.45. The van der Waals surface area contributed by atoms with E-state index in [0.717, 1.165) is 18.9 Å². The molecule has 2 N–H and O–H groups in total. The fraction of sp³-hybridized carbons (Fsp3) is 1.00. The molecule has 19 heavy (non-hydrogen) atoms. The van der Waals surface area contributed by atoms with Gasteiger partial charge in [-0.3, -0.25) is 0 Å². The number of nitrogens with zero attached hydrogens (tertiary/aromatic N) is 1. The molecule has 4 heteroatoms. The maximum Gasteiger partial charge on any atom is 0.0610 e. The van der Waals surface area contributed by atoms with Crippen LogP contribution in [0.2, 0.25) is 0 Å². The van der Waals surface area contributed by atoms with Crippen molar-refractivity contribution in [2.45, 2.75) is 44.6 Å². The van der Waals surface area contributed by atoms with E-state index in [1.165, 1.54) is 45.3 Å². The molecule has 0 aromatic heterocycles. The number of methoxy groups -OCH3 is 1. The Balaban J connectivity index is 2.08. The molecule has 1 saturated heterocycles. The molecule has 1 unspecified atom stereocenters. The minimum absolute atomic E-state index is 0.106. The van der Waals surface area contributed by atoms with E-state index < -0.39 is 0 Å². The second-order valence-electron chi connectivity index (χ2n) is 6.17. The van der Waals surface area contributed by atoms with Crippen LogP contribution in [0, 0.1) is 5.92 Å². The number of rotatable bonds is 9. The molecule has 4 nitrogen and oxygen atoms in total. The van der Waals surface area contributed by atoms with Crippen LogP contribution in [0.3, 0.4) is 0 Å². The van der Waals surface area contributed by atoms with Crippen molar-refractivity contribution in [1.82, 2.24) is 10.2 Å². The van der Waals surface area contributed by atoms with Gasteiger partial charge in [-0.1, -0.05) is 6.42 Å². The van der Waals surface area contributed by atoms with E-state index in [2.05, 4.69) is 17.1 Å². The van der Waals surface area contributed by atoms with Crippen LogP contribution >= 0.6 is 0 Å². The molecule has 1 fully saturated rings. The van der Waals surface area contributed by atoms with E-state index in [0.29, 0.717) is 0 Å². The zero-order valence-electron chi connectivity index (χ0n) is 13.0. The standard InChI is InChI=1S/C15H32N2O2/c1-15(13-18,16-2)8-4-5-9-17-10-6-14(7-11-17)12-19-3/h14,16,18H,4-13H2,1-3H3. The minimum atomic E-state index is -0.106. The molecule has 114 valence electrons. The highest BCUT2D eigenvalue weighted by molar-refractivity contribution is 4.80. The van der Waals surface area contributed by atoms with Gasteiger partial charge < -0.3 is 20.1 Å². The molecule has 1 heterocycles. The van der Waals surface area contributed by atoms with E-state index in [9.17, 15) is 5.11 Å². The number of likely N-dealkylation sites (N-methyl/N-ethyl adjacent to an activating group) is 1. The zero-order valence-corrected chi connectivity index (χ0v) is 13.0. The number of hydrogen-bond acceptors (Lipinski definition) is 4. The van der Waals surface area contributed by atoms with Crippen molar-refractivity contribution in [3.05, 3.63) is 0 Å². The van der Waals surface area contributed by atoms with Crippen molar-refractivity contribution in [3.8, 4) is 0 Å². The largest absolute Gasteiger partial charge is 0.394 e. The highest BCUT2D eigenvalue weighted by Gasteiger charge is 2.21. The lowest BCUT2D eigenvalue weighted by Gasteiger charge is -2.32. The predicted molar refractivity (Wildman–Crippen MR) is 79.4 cm³/mol. The Morgan fingerprint density at radius 3 is 2.53 bits per heavy atom. The molecule has 1 rings (SSSR count). The van der Waals surface area contributed by atoms with Gasteiger partial charge in [0, 0.05) is 19.3 Å². The van der Waals surface area contributed by atoms with Gasteiger partial charge in [-0.15, -0.1) is 0 Å². The summed E-state index contributed by atoms with van der Waals surface area (Å²) in [5, 5.41) is 12.5. The molecule has 0 aliphatic carbocycles. The fourth-order valence-corrected chi connectivity index (χ4v) is 2.75. The third-order valence-corrected chi connectivity index (χ3v) is 4.51. The molecule has 0 spiro atoms. The third-order valence-electron chi connectivity index (χ3n) is 4.51. The van der Waals surface area contributed by atoms with Crippen LogP contribution in [0.1, 0.15) is 39.0 Å². The van der Waals surface area contributed by atoms with Crippen LogP contribution in [0.4, 0.5) is 0 Å². The van der Waals surface area contributed by atoms with Gasteiger partial charge in [-0.2, -0.15) is 0 Å². The summed E-state index contributed by atoms with van der Waals surface area (Å²) >= 11 is 0. The average molecular weight is 272 g/mol. The summed E-state index contributed by atoms with van der Waals surface area (Å²) < 4.78 is 5.23. The molecule has 0 amide bonds. The Kier molecular flexibility index (Phi) is 7.91. The first-order valence-corrected chi connectivity index (χ1v) is 7.64. The summed E-state index contributed by atoms with van der Waals surface area (Å²) in [7, 11) is 3.73. The quantitative estimate of drug-likeness (QED) is 0.624. The smallest absolute Gasteiger partial charge is 0.0610 e. The Labute approximate surface area is 118 Å². The number of piperidine rings is 1. The molecule has 1 aliphatic rings. The fourth-order valence-electron chi connectivity index (χ4n) is 2.75. The van der Waals surface area contributed by atoms with Crippen LogP contribution in [0.25, 0.3) is 0 Å². The Morgan fingerprint density at radius 1 is 1.32 bits per heavy atom. The predicted octanol–water partition coefficient (Wildman–Crippen LogP) is 1.49. The van der Waals surface area contributed by atoms with Crippen molar-refractivity contribution in [2.24, 2.45) is 5.92 Å². The number of nitrogens with one attached hydrogen (secondary N) is 1. The van der Waals surface area contributed by atoms with Crippen LogP contribution in [-0.2, 0) is 4.74 Å². The molecule has 0 aromatic rings. The second kappa shape index (κ2) is 8.90.